The largest absolute Gasteiger partial charge is 0.495 e. The molecule has 9 nitrogen and oxygen atoms in total. The topological polar surface area (TPSA) is 94.4 Å². The van der Waals surface area contributed by atoms with Gasteiger partial charge < -0.3 is 24.0 Å². The summed E-state index contributed by atoms with van der Waals surface area (Å²) >= 11 is 0. The minimum Gasteiger partial charge on any atom is -0.495 e. The van der Waals surface area contributed by atoms with Crippen LogP contribution in [0.5, 0.6) is 17.2 Å². The second kappa shape index (κ2) is 10.8. The first-order valence-corrected chi connectivity index (χ1v) is 11.2. The fraction of sp³-hybridized carbons (Fsp3) is 0.269. The lowest BCUT2D eigenvalue weighted by molar-refractivity contribution is -0.386. The number of methoxy groups -OCH3 is 2. The summed E-state index contributed by atoms with van der Waals surface area (Å²) in [6, 6.07) is 19.5. The molecule has 1 heterocycles. The molecule has 0 saturated carbocycles. The SMILES string of the molecule is COc1cc(C2CN(c3ccccc3OC)CCN2C=O)c([N+](=O)[O-])cc1OCc1ccccc1. The lowest BCUT2D eigenvalue weighted by Crippen LogP contribution is -2.48. The number of carbonyl (C=O) groups is 1. The Hall–Kier alpha value is -4.27. The molecule has 1 fully saturated rings. The summed E-state index contributed by atoms with van der Waals surface area (Å²) in [5.41, 5.74) is 2.04. The number of nitro groups is 1. The van der Waals surface area contributed by atoms with Crippen molar-refractivity contribution in [3.05, 3.63) is 88.0 Å². The Balaban J connectivity index is 1.70. The maximum absolute atomic E-state index is 12.1. The zero-order valence-corrected chi connectivity index (χ0v) is 19.6. The molecule has 1 saturated heterocycles. The van der Waals surface area contributed by atoms with Crippen molar-refractivity contribution < 1.29 is 23.9 Å². The zero-order valence-electron chi connectivity index (χ0n) is 19.6. The standard InChI is InChI=1S/C26H27N3O6/c1-33-24-11-7-6-10-21(24)27-12-13-28(18-30)23(16-27)20-14-25(34-2)26(15-22(20)29(31)32)35-17-19-8-4-3-5-9-19/h3-11,14-15,18,23H,12-13,16-17H2,1-2H3. The molecule has 0 radical (unpaired) electrons. The molecule has 4 rings (SSSR count). The van der Waals surface area contributed by atoms with E-state index in [1.54, 1.807) is 18.1 Å². The molecule has 0 spiro atoms. The van der Waals surface area contributed by atoms with Crippen molar-refractivity contribution in [2.75, 3.05) is 38.8 Å². The van der Waals surface area contributed by atoms with Crippen LogP contribution >= 0.6 is 0 Å². The van der Waals surface area contributed by atoms with E-state index in [9.17, 15) is 14.9 Å². The van der Waals surface area contributed by atoms with Crippen molar-refractivity contribution >= 4 is 17.8 Å². The summed E-state index contributed by atoms with van der Waals surface area (Å²) in [6.45, 7) is 1.56. The third-order valence-electron chi connectivity index (χ3n) is 6.09. The average molecular weight is 478 g/mol. The first-order valence-electron chi connectivity index (χ1n) is 11.2. The molecule has 1 aliphatic rings. The van der Waals surface area contributed by atoms with Crippen LogP contribution in [0, 0.1) is 10.1 Å². The van der Waals surface area contributed by atoms with E-state index in [0.717, 1.165) is 17.7 Å². The van der Waals surface area contributed by atoms with Crippen molar-refractivity contribution in [2.45, 2.75) is 12.6 Å². The van der Waals surface area contributed by atoms with E-state index >= 15 is 0 Å². The van der Waals surface area contributed by atoms with Crippen LogP contribution in [0.1, 0.15) is 17.2 Å². The number of rotatable bonds is 9. The Morgan fingerprint density at radius 1 is 0.971 bits per heavy atom. The van der Waals surface area contributed by atoms with Gasteiger partial charge in [0.15, 0.2) is 11.5 Å². The molecular weight excluding hydrogens is 450 g/mol. The number of hydrogen-bond acceptors (Lipinski definition) is 7. The van der Waals surface area contributed by atoms with Crippen LogP contribution in [-0.4, -0.2) is 50.1 Å². The van der Waals surface area contributed by atoms with Gasteiger partial charge in [-0.25, -0.2) is 0 Å². The van der Waals surface area contributed by atoms with Crippen molar-refractivity contribution in [2.24, 2.45) is 0 Å². The molecule has 1 unspecified atom stereocenters. The first kappa shape index (κ1) is 23.9. The number of para-hydroxylation sites is 2. The number of carbonyl (C=O) groups excluding carboxylic acids is 1. The maximum atomic E-state index is 12.1. The highest BCUT2D eigenvalue weighted by molar-refractivity contribution is 5.62. The van der Waals surface area contributed by atoms with Gasteiger partial charge in [-0.3, -0.25) is 14.9 Å². The highest BCUT2D eigenvalue weighted by atomic mass is 16.6. The van der Waals surface area contributed by atoms with Gasteiger partial charge in [-0.1, -0.05) is 42.5 Å². The van der Waals surface area contributed by atoms with Gasteiger partial charge >= 0.3 is 0 Å². The Morgan fingerprint density at radius 3 is 2.37 bits per heavy atom. The molecule has 1 amide bonds. The second-order valence-corrected chi connectivity index (χ2v) is 8.07. The summed E-state index contributed by atoms with van der Waals surface area (Å²) in [4.78, 5) is 27.2. The molecule has 1 atom stereocenters. The van der Waals surface area contributed by atoms with Crippen LogP contribution in [0.2, 0.25) is 0 Å². The maximum Gasteiger partial charge on any atom is 0.278 e. The van der Waals surface area contributed by atoms with Crippen LogP contribution < -0.4 is 19.1 Å². The molecule has 35 heavy (non-hydrogen) atoms. The Labute approximate surface area is 203 Å². The van der Waals surface area contributed by atoms with Crippen LogP contribution in [0.25, 0.3) is 0 Å². The molecule has 3 aromatic carbocycles. The highest BCUT2D eigenvalue weighted by Crippen LogP contribution is 2.41. The molecule has 3 aromatic rings. The molecule has 9 heteroatoms. The summed E-state index contributed by atoms with van der Waals surface area (Å²) in [5.74, 6) is 1.33. The molecule has 0 aromatic heterocycles. The minimum absolute atomic E-state index is 0.132. The molecule has 1 aliphatic heterocycles. The lowest BCUT2D eigenvalue weighted by atomic mass is 9.99. The van der Waals surface area contributed by atoms with E-state index < -0.39 is 11.0 Å². The summed E-state index contributed by atoms with van der Waals surface area (Å²) in [6.07, 6.45) is 0.736. The predicted molar refractivity (Wildman–Crippen MR) is 131 cm³/mol. The van der Waals surface area contributed by atoms with Crippen molar-refractivity contribution in [1.82, 2.24) is 4.90 Å². The van der Waals surface area contributed by atoms with Crippen LogP contribution in [0.3, 0.4) is 0 Å². The van der Waals surface area contributed by atoms with Crippen molar-refractivity contribution in [3.63, 3.8) is 0 Å². The third-order valence-corrected chi connectivity index (χ3v) is 6.09. The van der Waals surface area contributed by atoms with Crippen molar-refractivity contribution in [3.8, 4) is 17.2 Å². The monoisotopic (exact) mass is 477 g/mol. The van der Waals surface area contributed by atoms with E-state index in [0.29, 0.717) is 36.7 Å². The molecular formula is C26H27N3O6. The molecule has 0 aliphatic carbocycles. The fourth-order valence-corrected chi connectivity index (χ4v) is 4.31. The number of piperazine rings is 1. The predicted octanol–water partition coefficient (Wildman–Crippen LogP) is 4.21. The van der Waals surface area contributed by atoms with Gasteiger partial charge in [0.1, 0.15) is 12.4 Å². The number of nitrogens with zero attached hydrogens (tertiary/aromatic N) is 3. The number of anilines is 1. The molecule has 0 bridgehead atoms. The summed E-state index contributed by atoms with van der Waals surface area (Å²) in [7, 11) is 3.09. The third kappa shape index (κ3) is 5.13. The number of ether oxygens (including phenoxy) is 3. The quantitative estimate of drug-likeness (QED) is 0.259. The Morgan fingerprint density at radius 2 is 1.69 bits per heavy atom. The van der Waals surface area contributed by atoms with Crippen LogP contribution in [-0.2, 0) is 11.4 Å². The smallest absolute Gasteiger partial charge is 0.278 e. The van der Waals surface area contributed by atoms with Gasteiger partial charge in [-0.2, -0.15) is 0 Å². The number of nitro benzene ring substituents is 1. The van der Waals surface area contributed by atoms with Crippen LogP contribution in [0.4, 0.5) is 11.4 Å². The fourth-order valence-electron chi connectivity index (χ4n) is 4.31. The average Bonchev–Trinajstić information content (AvgIpc) is 2.91. The Kier molecular flexibility index (Phi) is 7.35. The van der Waals surface area contributed by atoms with E-state index in [1.807, 2.05) is 54.6 Å². The van der Waals surface area contributed by atoms with Gasteiger partial charge in [-0.15, -0.1) is 0 Å². The summed E-state index contributed by atoms with van der Waals surface area (Å²) in [5, 5.41) is 12.1. The van der Waals surface area contributed by atoms with Gasteiger partial charge in [0, 0.05) is 19.6 Å². The molecule has 182 valence electrons. The van der Waals surface area contributed by atoms with E-state index in [4.69, 9.17) is 14.2 Å². The first-order chi connectivity index (χ1) is 17.0. The van der Waals surface area contributed by atoms with Gasteiger partial charge in [0.05, 0.1) is 42.5 Å². The molecule has 0 N–H and O–H groups in total. The minimum atomic E-state index is -0.566. The zero-order chi connectivity index (χ0) is 24.8. The normalized spacial score (nSPS) is 15.4. The van der Waals surface area contributed by atoms with Crippen molar-refractivity contribution in [1.29, 1.82) is 0 Å². The number of amides is 1. The van der Waals surface area contributed by atoms with E-state index in [2.05, 4.69) is 4.90 Å². The number of hydrogen-bond donors (Lipinski definition) is 0. The number of benzene rings is 3. The van der Waals surface area contributed by atoms with Gasteiger partial charge in [-0.05, 0) is 23.8 Å². The van der Waals surface area contributed by atoms with Gasteiger partial charge in [0.2, 0.25) is 6.41 Å². The highest BCUT2D eigenvalue weighted by Gasteiger charge is 2.34. The van der Waals surface area contributed by atoms with E-state index in [-0.39, 0.29) is 18.0 Å². The Bertz CT molecular complexity index is 1190. The van der Waals surface area contributed by atoms with Crippen LogP contribution in [0.15, 0.2) is 66.7 Å². The second-order valence-electron chi connectivity index (χ2n) is 8.07. The summed E-state index contributed by atoms with van der Waals surface area (Å²) < 4.78 is 16.9. The lowest BCUT2D eigenvalue weighted by Gasteiger charge is -2.41. The van der Waals surface area contributed by atoms with E-state index in [1.165, 1.54) is 13.2 Å². The van der Waals surface area contributed by atoms with Gasteiger partial charge in [0.25, 0.3) is 5.69 Å².